The Balaban J connectivity index is 1.04. The number of aryl methyl sites for hydroxylation is 4. The minimum Gasteiger partial charge on any atom is -0.505 e. The zero-order valence-electron chi connectivity index (χ0n) is 35.4. The van der Waals surface area contributed by atoms with E-state index in [2.05, 4.69) is 4.98 Å². The van der Waals surface area contributed by atoms with Gasteiger partial charge in [-0.15, -0.1) is 11.3 Å². The molecule has 0 bridgehead atoms. The lowest BCUT2D eigenvalue weighted by Gasteiger charge is -2.47. The molecule has 1 aliphatic carbocycles. The summed E-state index contributed by atoms with van der Waals surface area (Å²) in [5.74, 6) is -3.55. The van der Waals surface area contributed by atoms with Gasteiger partial charge in [0.1, 0.15) is 17.2 Å². The number of carbonyl (C=O) groups excluding carboxylic acids is 2. The normalized spacial score (nSPS) is 20.5. The first-order chi connectivity index (χ1) is 30.6. The van der Waals surface area contributed by atoms with E-state index in [4.69, 9.17) is 26.2 Å². The number of rotatable bonds is 8. The number of fused-ring (bicyclic) bond motifs is 6. The van der Waals surface area contributed by atoms with E-state index in [1.54, 1.807) is 45.3 Å². The predicted molar refractivity (Wildman–Crippen MR) is 237 cm³/mol. The molecule has 10 rings (SSSR count). The van der Waals surface area contributed by atoms with Crippen molar-refractivity contribution in [2.24, 2.45) is 25.4 Å². The molecule has 64 heavy (non-hydrogen) atoms. The number of anilines is 1. The van der Waals surface area contributed by atoms with Crippen molar-refractivity contribution in [1.82, 2.24) is 33.3 Å². The second-order valence-corrected chi connectivity index (χ2v) is 18.1. The topological polar surface area (TPSA) is 178 Å². The molecule has 4 atom stereocenters. The molecule has 2 aliphatic heterocycles. The SMILES string of the molecule is COc1cc2nc(CCn3c(=O)n4n(c3=O)[C@@H]3C[C@H]5C(=O)N(c6cc(-c7sc8ccc(Cl)cc8c7C)nn6C)C(=O)[C@@]5(C)[C@@H](c5ccc(O)c(F)c5)C3=CC4)c(=O)n(C)c2cc1OC. The predicted octanol–water partition coefficient (Wildman–Crippen LogP) is 5.60. The number of phenolic OH excluding ortho intramolecular Hbond substituents is 1. The molecule has 0 spiro atoms. The number of phenols is 1. The minimum atomic E-state index is -1.50. The molecule has 16 nitrogen and oxygen atoms in total. The first kappa shape index (κ1) is 41.2. The van der Waals surface area contributed by atoms with Gasteiger partial charge in [-0.05, 0) is 72.7 Å². The van der Waals surface area contributed by atoms with Gasteiger partial charge in [0.05, 0.1) is 54.0 Å². The van der Waals surface area contributed by atoms with Crippen LogP contribution in [0.5, 0.6) is 17.2 Å². The number of aromatic nitrogens is 7. The number of amides is 2. The smallest absolute Gasteiger partial charge is 0.347 e. The Morgan fingerprint density at radius 1 is 0.984 bits per heavy atom. The summed E-state index contributed by atoms with van der Waals surface area (Å²) >= 11 is 7.83. The lowest BCUT2D eigenvalue weighted by molar-refractivity contribution is -0.129. The molecule has 2 fully saturated rings. The molecule has 3 aliphatic rings. The Morgan fingerprint density at radius 3 is 2.47 bits per heavy atom. The van der Waals surface area contributed by atoms with E-state index >= 15 is 9.18 Å². The summed E-state index contributed by atoms with van der Waals surface area (Å²) in [5.41, 5.74) is 0.157. The fourth-order valence-electron chi connectivity index (χ4n) is 10.1. The number of hydrogen-bond donors (Lipinski definition) is 1. The van der Waals surface area contributed by atoms with Crippen molar-refractivity contribution < 1.29 is 28.6 Å². The summed E-state index contributed by atoms with van der Waals surface area (Å²) in [6.07, 6.45) is 1.65. The molecule has 0 unspecified atom stereocenters. The van der Waals surface area contributed by atoms with Crippen LogP contribution in [0.4, 0.5) is 10.2 Å². The molecule has 1 saturated heterocycles. The third kappa shape index (κ3) is 5.80. The summed E-state index contributed by atoms with van der Waals surface area (Å²) in [6.45, 7) is 3.38. The highest BCUT2D eigenvalue weighted by Gasteiger charge is 2.66. The van der Waals surface area contributed by atoms with Crippen molar-refractivity contribution in [3.63, 3.8) is 0 Å². The molecular weight excluding hydrogens is 867 g/mol. The fourth-order valence-corrected chi connectivity index (χ4v) is 11.4. The Kier molecular flexibility index (Phi) is 9.43. The number of benzene rings is 3. The Hall–Kier alpha value is -6.79. The molecule has 4 aromatic heterocycles. The van der Waals surface area contributed by atoms with Gasteiger partial charge in [-0.3, -0.25) is 19.1 Å². The number of methoxy groups -OCH3 is 2. The fraction of sp³-hybridized carbons (Fsp3) is 0.311. The van der Waals surface area contributed by atoms with Crippen LogP contribution in [0.15, 0.2) is 80.6 Å². The maximum absolute atomic E-state index is 15.3. The third-order valence-corrected chi connectivity index (χ3v) is 14.9. The molecule has 1 saturated carbocycles. The van der Waals surface area contributed by atoms with Gasteiger partial charge in [-0.2, -0.15) is 5.10 Å². The van der Waals surface area contributed by atoms with Crippen molar-refractivity contribution in [3.8, 4) is 27.8 Å². The monoisotopic (exact) mass is 906 g/mol. The van der Waals surface area contributed by atoms with Crippen molar-refractivity contribution >= 4 is 61.7 Å². The highest BCUT2D eigenvalue weighted by Crippen LogP contribution is 2.61. The van der Waals surface area contributed by atoms with Crippen LogP contribution in [0.25, 0.3) is 31.7 Å². The number of allylic oxidation sites excluding steroid dienone is 2. The Morgan fingerprint density at radius 2 is 1.73 bits per heavy atom. The largest absolute Gasteiger partial charge is 0.505 e. The van der Waals surface area contributed by atoms with E-state index in [1.165, 1.54) is 56.3 Å². The highest BCUT2D eigenvalue weighted by molar-refractivity contribution is 7.22. The summed E-state index contributed by atoms with van der Waals surface area (Å²) in [4.78, 5) is 78.8. The van der Waals surface area contributed by atoms with Crippen LogP contribution >= 0.6 is 22.9 Å². The quantitative estimate of drug-likeness (QED) is 0.149. The van der Waals surface area contributed by atoms with Crippen LogP contribution in [0, 0.1) is 24.1 Å². The van der Waals surface area contributed by atoms with Crippen molar-refractivity contribution in [3.05, 3.63) is 125 Å². The maximum atomic E-state index is 15.3. The molecule has 328 valence electrons. The maximum Gasteiger partial charge on any atom is 0.347 e. The number of hydrogen-bond acceptors (Lipinski definition) is 11. The van der Waals surface area contributed by atoms with E-state index < -0.39 is 63.6 Å². The first-order valence-electron chi connectivity index (χ1n) is 20.4. The second kappa shape index (κ2) is 14.6. The molecule has 0 radical (unpaired) electrons. The number of imide groups is 1. The van der Waals surface area contributed by atoms with Crippen LogP contribution in [-0.2, 0) is 43.2 Å². The molecule has 1 N–H and O–H groups in total. The van der Waals surface area contributed by atoms with Crippen molar-refractivity contribution in [1.29, 1.82) is 0 Å². The molecule has 2 amide bonds. The molecule has 19 heteroatoms. The van der Waals surface area contributed by atoms with Crippen LogP contribution in [-0.4, -0.2) is 64.4 Å². The van der Waals surface area contributed by atoms with Crippen LogP contribution in [0.2, 0.25) is 5.02 Å². The molecular formula is C45H40ClFN8O8S. The van der Waals surface area contributed by atoms with E-state index in [9.17, 15) is 24.3 Å². The highest BCUT2D eigenvalue weighted by atomic mass is 35.5. The first-order valence-corrected chi connectivity index (χ1v) is 21.6. The molecule has 6 heterocycles. The van der Waals surface area contributed by atoms with Gasteiger partial charge < -0.3 is 19.1 Å². The number of thiophene rings is 1. The zero-order valence-corrected chi connectivity index (χ0v) is 37.0. The van der Waals surface area contributed by atoms with Crippen molar-refractivity contribution in [2.75, 3.05) is 19.1 Å². The average molecular weight is 907 g/mol. The van der Waals surface area contributed by atoms with Gasteiger partial charge in [0, 0.05) is 60.9 Å². The van der Waals surface area contributed by atoms with Gasteiger partial charge in [0.2, 0.25) is 11.8 Å². The molecule has 3 aromatic carbocycles. The van der Waals surface area contributed by atoms with E-state index in [0.29, 0.717) is 44.4 Å². The standard InChI is InChI=1S/C45H40ClFN8O8S/c1-21-25-16-23(46)8-10-36(25)64-39(21)30-19-37(51(4)49-30)54-40(57)26-17-31-24(38(45(26,2)42(54)59)22-7-9-33(56)27(47)15-22)11-14-53-43(60)52(44(61)55(31)53)13-12-28-41(58)50(3)32-20-35(63-6)34(62-5)18-29(32)48-28/h7-11,15-16,18-20,26,31,38,56H,12-14,17H2,1-6H3/t26-,31+,38-,45+/m0/s1. The zero-order chi connectivity index (χ0) is 45.3. The lowest BCUT2D eigenvalue weighted by atomic mass is 9.56. The number of ether oxygens (including phenoxy) is 2. The number of nitrogens with zero attached hydrogens (tertiary/aromatic N) is 8. The van der Waals surface area contributed by atoms with Crippen molar-refractivity contribution in [2.45, 2.75) is 51.7 Å². The number of aromatic hydroxyl groups is 1. The minimum absolute atomic E-state index is 0.0389. The summed E-state index contributed by atoms with van der Waals surface area (Å²) < 4.78 is 33.6. The van der Waals surface area contributed by atoms with Gasteiger partial charge in [0.25, 0.3) is 5.56 Å². The summed E-state index contributed by atoms with van der Waals surface area (Å²) in [7, 11) is 6.21. The molecule has 7 aromatic rings. The van der Waals surface area contributed by atoms with Crippen LogP contribution in [0.1, 0.15) is 42.1 Å². The third-order valence-electron chi connectivity index (χ3n) is 13.4. The van der Waals surface area contributed by atoms with Crippen LogP contribution in [0.3, 0.4) is 0 Å². The average Bonchev–Trinajstić information content (AvgIpc) is 3.95. The summed E-state index contributed by atoms with van der Waals surface area (Å²) in [6, 6.07) is 13.5. The van der Waals surface area contributed by atoms with Crippen LogP contribution < -0.4 is 31.3 Å². The van der Waals surface area contributed by atoms with E-state index in [-0.39, 0.29) is 37.4 Å². The van der Waals surface area contributed by atoms with Gasteiger partial charge in [0.15, 0.2) is 23.1 Å². The second-order valence-electron chi connectivity index (χ2n) is 16.6. The van der Waals surface area contributed by atoms with Gasteiger partial charge in [-0.1, -0.05) is 23.7 Å². The Labute approximate surface area is 371 Å². The van der Waals surface area contributed by atoms with E-state index in [1.807, 2.05) is 25.1 Å². The Bertz CT molecular complexity index is 3420. The number of carbonyl (C=O) groups is 2. The summed E-state index contributed by atoms with van der Waals surface area (Å²) in [5, 5.41) is 16.5. The van der Waals surface area contributed by atoms with Gasteiger partial charge >= 0.3 is 11.4 Å². The lowest BCUT2D eigenvalue weighted by Crippen LogP contribution is -2.49. The van der Waals surface area contributed by atoms with E-state index in [0.717, 1.165) is 36.1 Å². The van der Waals surface area contributed by atoms with Gasteiger partial charge in [-0.25, -0.2) is 37.8 Å². The number of halogens is 2.